The Hall–Kier alpha value is -1.59. The zero-order valence-electron chi connectivity index (χ0n) is 9.27. The second-order valence-corrected chi connectivity index (χ2v) is 4.59. The molecule has 0 aromatic carbocycles. The molecule has 88 valence electrons. The van der Waals surface area contributed by atoms with Crippen LogP contribution in [-0.2, 0) is 9.59 Å². The van der Waals surface area contributed by atoms with Crippen molar-refractivity contribution in [2.45, 2.75) is 25.3 Å². The van der Waals surface area contributed by atoms with Gasteiger partial charge in [-0.1, -0.05) is 0 Å². The first-order chi connectivity index (χ1) is 7.39. The molecule has 1 aliphatic heterocycles. The predicted octanol–water partition coefficient (Wildman–Crippen LogP) is 0.134. The van der Waals surface area contributed by atoms with Gasteiger partial charge in [-0.15, -0.1) is 0 Å². The molecule has 1 heterocycles. The van der Waals surface area contributed by atoms with Gasteiger partial charge in [0, 0.05) is 7.05 Å². The number of carboxylic acids is 1. The maximum atomic E-state index is 11.8. The molecule has 1 N–H and O–H groups in total. The van der Waals surface area contributed by atoms with Crippen molar-refractivity contribution in [1.29, 1.82) is 0 Å². The van der Waals surface area contributed by atoms with E-state index in [2.05, 4.69) is 0 Å². The van der Waals surface area contributed by atoms with Crippen molar-refractivity contribution in [2.75, 3.05) is 13.6 Å². The number of carbonyl (C=O) groups is 3. The summed E-state index contributed by atoms with van der Waals surface area (Å²) in [5, 5.41) is 9.26. The van der Waals surface area contributed by atoms with Gasteiger partial charge < -0.3 is 10.0 Å². The van der Waals surface area contributed by atoms with Crippen LogP contribution in [-0.4, -0.2) is 51.9 Å². The van der Waals surface area contributed by atoms with Crippen LogP contribution in [0.5, 0.6) is 0 Å². The van der Waals surface area contributed by atoms with Crippen molar-refractivity contribution in [3.8, 4) is 0 Å². The molecule has 6 nitrogen and oxygen atoms in total. The van der Waals surface area contributed by atoms with Crippen LogP contribution in [0.4, 0.5) is 4.79 Å². The van der Waals surface area contributed by atoms with E-state index in [1.54, 1.807) is 0 Å². The molecular weight excluding hydrogens is 212 g/mol. The first-order valence-electron chi connectivity index (χ1n) is 5.20. The number of likely N-dealkylation sites (N-methyl/N-ethyl adjacent to an activating group) is 1. The zero-order valence-corrected chi connectivity index (χ0v) is 9.27. The Bertz CT molecular complexity index is 377. The standard InChI is InChI=1S/C10H14N2O4/c1-10(8(14)15,6-3-4-6)12-7(13)5-11(2)9(12)16/h6H,3-5H2,1-2H3,(H,14,15). The van der Waals surface area contributed by atoms with E-state index in [4.69, 9.17) is 0 Å². The molecule has 0 aromatic rings. The molecule has 2 fully saturated rings. The fourth-order valence-electron chi connectivity index (χ4n) is 2.17. The number of rotatable bonds is 3. The third-order valence-corrected chi connectivity index (χ3v) is 3.41. The summed E-state index contributed by atoms with van der Waals surface area (Å²) in [6.07, 6.45) is 1.51. The van der Waals surface area contributed by atoms with Crippen LogP contribution in [0.2, 0.25) is 0 Å². The highest BCUT2D eigenvalue weighted by atomic mass is 16.4. The zero-order chi connectivity index (χ0) is 12.1. The normalized spacial score (nSPS) is 24.9. The molecule has 1 saturated carbocycles. The molecule has 1 unspecified atom stereocenters. The minimum atomic E-state index is -1.38. The number of imide groups is 1. The van der Waals surface area contributed by atoms with Gasteiger partial charge in [0.2, 0.25) is 0 Å². The van der Waals surface area contributed by atoms with Gasteiger partial charge in [-0.2, -0.15) is 0 Å². The number of urea groups is 1. The second kappa shape index (κ2) is 3.20. The molecule has 0 radical (unpaired) electrons. The van der Waals surface area contributed by atoms with Crippen molar-refractivity contribution in [3.63, 3.8) is 0 Å². The Morgan fingerprint density at radius 2 is 2.00 bits per heavy atom. The topological polar surface area (TPSA) is 77.9 Å². The molecule has 2 aliphatic rings. The van der Waals surface area contributed by atoms with E-state index in [1.165, 1.54) is 18.9 Å². The summed E-state index contributed by atoms with van der Waals surface area (Å²) in [5.41, 5.74) is -1.38. The molecule has 16 heavy (non-hydrogen) atoms. The van der Waals surface area contributed by atoms with Gasteiger partial charge in [0.05, 0.1) is 0 Å². The fourth-order valence-corrected chi connectivity index (χ4v) is 2.17. The summed E-state index contributed by atoms with van der Waals surface area (Å²) in [6, 6.07) is -0.512. The molecule has 0 aromatic heterocycles. The van der Waals surface area contributed by atoms with Gasteiger partial charge >= 0.3 is 12.0 Å². The number of carbonyl (C=O) groups excluding carboxylic acids is 2. The van der Waals surface area contributed by atoms with E-state index in [9.17, 15) is 19.5 Å². The number of amides is 3. The molecule has 1 aliphatic carbocycles. The van der Waals surface area contributed by atoms with Crippen molar-refractivity contribution in [1.82, 2.24) is 9.80 Å². The largest absolute Gasteiger partial charge is 0.479 e. The second-order valence-electron chi connectivity index (χ2n) is 4.59. The van der Waals surface area contributed by atoms with Crippen LogP contribution in [0.25, 0.3) is 0 Å². The highest BCUT2D eigenvalue weighted by Gasteiger charge is 2.58. The number of aliphatic carboxylic acids is 1. The summed E-state index contributed by atoms with van der Waals surface area (Å²) in [5.74, 6) is -1.64. The average molecular weight is 226 g/mol. The summed E-state index contributed by atoms with van der Waals surface area (Å²) >= 11 is 0. The lowest BCUT2D eigenvalue weighted by Gasteiger charge is -2.32. The summed E-state index contributed by atoms with van der Waals surface area (Å²) < 4.78 is 0. The van der Waals surface area contributed by atoms with Gasteiger partial charge in [0.15, 0.2) is 0 Å². The van der Waals surface area contributed by atoms with E-state index in [0.717, 1.165) is 17.7 Å². The van der Waals surface area contributed by atoms with Gasteiger partial charge in [-0.25, -0.2) is 14.5 Å². The van der Waals surface area contributed by atoms with Gasteiger partial charge in [0.25, 0.3) is 5.91 Å². The monoisotopic (exact) mass is 226 g/mol. The fraction of sp³-hybridized carbons (Fsp3) is 0.700. The maximum Gasteiger partial charge on any atom is 0.330 e. The van der Waals surface area contributed by atoms with Crippen LogP contribution in [0.3, 0.4) is 0 Å². The Morgan fingerprint density at radius 1 is 1.44 bits per heavy atom. The van der Waals surface area contributed by atoms with Crippen molar-refractivity contribution in [2.24, 2.45) is 5.92 Å². The van der Waals surface area contributed by atoms with Crippen molar-refractivity contribution < 1.29 is 19.5 Å². The predicted molar refractivity (Wildman–Crippen MR) is 53.6 cm³/mol. The molecular formula is C10H14N2O4. The summed E-state index contributed by atoms with van der Waals surface area (Å²) in [4.78, 5) is 36.9. The van der Waals surface area contributed by atoms with Gasteiger partial charge in [-0.05, 0) is 25.7 Å². The lowest BCUT2D eigenvalue weighted by molar-refractivity contribution is -0.154. The first-order valence-corrected chi connectivity index (χ1v) is 5.20. The summed E-state index contributed by atoms with van der Waals surface area (Å²) in [7, 11) is 1.50. The molecule has 1 atom stereocenters. The van der Waals surface area contributed by atoms with E-state index < -0.39 is 23.4 Å². The first kappa shape index (κ1) is 10.9. The number of carboxylic acid groups (broad SMARTS) is 1. The van der Waals surface area contributed by atoms with E-state index in [0.29, 0.717) is 0 Å². The molecule has 0 spiro atoms. The molecule has 0 bridgehead atoms. The van der Waals surface area contributed by atoms with Crippen LogP contribution < -0.4 is 0 Å². The average Bonchev–Trinajstić information content (AvgIpc) is 2.96. The number of hydrogen-bond donors (Lipinski definition) is 1. The van der Waals surface area contributed by atoms with Crippen LogP contribution >= 0.6 is 0 Å². The van der Waals surface area contributed by atoms with E-state index in [-0.39, 0.29) is 12.5 Å². The van der Waals surface area contributed by atoms with Crippen molar-refractivity contribution in [3.05, 3.63) is 0 Å². The Labute approximate surface area is 92.8 Å². The van der Waals surface area contributed by atoms with Gasteiger partial charge in [-0.3, -0.25) is 4.79 Å². The lowest BCUT2D eigenvalue weighted by atomic mass is 9.94. The molecule has 3 amide bonds. The van der Waals surface area contributed by atoms with Crippen LogP contribution in [0.15, 0.2) is 0 Å². The molecule has 6 heteroatoms. The molecule has 1 saturated heterocycles. The SMILES string of the molecule is CN1CC(=O)N(C(C)(C(=O)O)C2CC2)C1=O. The molecule has 2 rings (SSSR count). The Morgan fingerprint density at radius 3 is 2.31 bits per heavy atom. The Kier molecular flexibility index (Phi) is 2.18. The van der Waals surface area contributed by atoms with Crippen molar-refractivity contribution >= 4 is 17.9 Å². The van der Waals surface area contributed by atoms with Gasteiger partial charge in [0.1, 0.15) is 12.1 Å². The highest BCUT2D eigenvalue weighted by molar-refractivity contribution is 6.06. The van der Waals surface area contributed by atoms with E-state index >= 15 is 0 Å². The number of nitrogens with zero attached hydrogens (tertiary/aromatic N) is 2. The van der Waals surface area contributed by atoms with E-state index in [1.807, 2.05) is 0 Å². The maximum absolute atomic E-state index is 11.8. The quantitative estimate of drug-likeness (QED) is 0.694. The smallest absolute Gasteiger partial charge is 0.330 e. The third-order valence-electron chi connectivity index (χ3n) is 3.41. The Balaban J connectivity index is 2.37. The minimum absolute atomic E-state index is 0.0333. The third kappa shape index (κ3) is 1.29. The highest BCUT2D eigenvalue weighted by Crippen LogP contribution is 2.44. The lowest BCUT2D eigenvalue weighted by Crippen LogP contribution is -2.57. The van der Waals surface area contributed by atoms with Crippen LogP contribution in [0, 0.1) is 5.92 Å². The minimum Gasteiger partial charge on any atom is -0.479 e. The van der Waals surface area contributed by atoms with Crippen LogP contribution in [0.1, 0.15) is 19.8 Å². The number of hydrogen-bond acceptors (Lipinski definition) is 3. The summed E-state index contributed by atoms with van der Waals surface area (Å²) in [6.45, 7) is 1.43.